The van der Waals surface area contributed by atoms with Crippen molar-refractivity contribution in [3.05, 3.63) is 0 Å². The second-order valence-electron chi connectivity index (χ2n) is 3.37. The standard InChI is InChI=1S/C9H20O2/c1-4-5-9(10)7-11-6-8(2)3/h8-10H,4-7H2,1-3H3. The van der Waals surface area contributed by atoms with Crippen molar-refractivity contribution in [2.45, 2.75) is 39.7 Å². The predicted molar refractivity (Wildman–Crippen MR) is 46.6 cm³/mol. The molecule has 0 amide bonds. The van der Waals surface area contributed by atoms with E-state index in [4.69, 9.17) is 4.74 Å². The topological polar surface area (TPSA) is 29.5 Å². The smallest absolute Gasteiger partial charge is 0.0773 e. The highest BCUT2D eigenvalue weighted by Gasteiger charge is 2.02. The van der Waals surface area contributed by atoms with Gasteiger partial charge in [-0.1, -0.05) is 27.2 Å². The number of ether oxygens (including phenoxy) is 1. The van der Waals surface area contributed by atoms with Crippen molar-refractivity contribution in [2.75, 3.05) is 13.2 Å². The van der Waals surface area contributed by atoms with Crippen LogP contribution in [0.15, 0.2) is 0 Å². The van der Waals surface area contributed by atoms with Crippen molar-refractivity contribution in [3.63, 3.8) is 0 Å². The zero-order valence-electron chi connectivity index (χ0n) is 7.84. The number of hydrogen-bond donors (Lipinski definition) is 1. The van der Waals surface area contributed by atoms with E-state index in [0.29, 0.717) is 12.5 Å². The summed E-state index contributed by atoms with van der Waals surface area (Å²) in [6, 6.07) is 0. The van der Waals surface area contributed by atoms with Crippen LogP contribution in [0.2, 0.25) is 0 Å². The molecule has 68 valence electrons. The first-order valence-corrected chi connectivity index (χ1v) is 4.42. The highest BCUT2D eigenvalue weighted by molar-refractivity contribution is 4.52. The van der Waals surface area contributed by atoms with Crippen LogP contribution in [-0.2, 0) is 4.74 Å². The van der Waals surface area contributed by atoms with Gasteiger partial charge >= 0.3 is 0 Å². The Balaban J connectivity index is 3.10. The number of rotatable bonds is 6. The third kappa shape index (κ3) is 7.82. The number of hydrogen-bond acceptors (Lipinski definition) is 2. The minimum absolute atomic E-state index is 0.265. The van der Waals surface area contributed by atoms with Crippen LogP contribution in [0.1, 0.15) is 33.6 Å². The van der Waals surface area contributed by atoms with E-state index >= 15 is 0 Å². The molecule has 0 radical (unpaired) electrons. The van der Waals surface area contributed by atoms with Gasteiger partial charge in [-0.3, -0.25) is 0 Å². The second-order valence-corrected chi connectivity index (χ2v) is 3.37. The first-order valence-electron chi connectivity index (χ1n) is 4.42. The molecule has 2 heteroatoms. The lowest BCUT2D eigenvalue weighted by molar-refractivity contribution is 0.0218. The van der Waals surface area contributed by atoms with Gasteiger partial charge < -0.3 is 9.84 Å². The van der Waals surface area contributed by atoms with E-state index in [2.05, 4.69) is 20.8 Å². The van der Waals surface area contributed by atoms with Gasteiger partial charge in [-0.2, -0.15) is 0 Å². The molecular weight excluding hydrogens is 140 g/mol. The Bertz CT molecular complexity index is 81.6. The van der Waals surface area contributed by atoms with Gasteiger partial charge in [0.1, 0.15) is 0 Å². The van der Waals surface area contributed by atoms with Crippen LogP contribution in [0.4, 0.5) is 0 Å². The summed E-state index contributed by atoms with van der Waals surface area (Å²) in [6.45, 7) is 7.51. The van der Waals surface area contributed by atoms with E-state index in [1.165, 1.54) is 0 Å². The highest BCUT2D eigenvalue weighted by Crippen LogP contribution is 1.98. The first-order chi connectivity index (χ1) is 5.16. The summed E-state index contributed by atoms with van der Waals surface area (Å²) in [5.41, 5.74) is 0. The van der Waals surface area contributed by atoms with Crippen molar-refractivity contribution < 1.29 is 9.84 Å². The molecular formula is C9H20O2. The maximum Gasteiger partial charge on any atom is 0.0773 e. The van der Waals surface area contributed by atoms with E-state index < -0.39 is 0 Å². The Labute approximate surface area is 69.6 Å². The van der Waals surface area contributed by atoms with Gasteiger partial charge in [0.25, 0.3) is 0 Å². The Morgan fingerprint density at radius 2 is 1.91 bits per heavy atom. The van der Waals surface area contributed by atoms with Gasteiger partial charge in [-0.05, 0) is 12.3 Å². The lowest BCUT2D eigenvalue weighted by Gasteiger charge is -2.11. The van der Waals surface area contributed by atoms with Crippen LogP contribution in [0.3, 0.4) is 0 Å². The van der Waals surface area contributed by atoms with Gasteiger partial charge in [-0.15, -0.1) is 0 Å². The Hall–Kier alpha value is -0.0800. The average Bonchev–Trinajstić information content (AvgIpc) is 1.87. The summed E-state index contributed by atoms with van der Waals surface area (Å²) in [7, 11) is 0. The van der Waals surface area contributed by atoms with E-state index in [0.717, 1.165) is 19.4 Å². The van der Waals surface area contributed by atoms with Gasteiger partial charge in [-0.25, -0.2) is 0 Å². The van der Waals surface area contributed by atoms with Gasteiger partial charge in [0.2, 0.25) is 0 Å². The van der Waals surface area contributed by atoms with Crippen LogP contribution >= 0.6 is 0 Å². The summed E-state index contributed by atoms with van der Waals surface area (Å²) in [4.78, 5) is 0. The molecule has 0 aliphatic carbocycles. The summed E-state index contributed by atoms with van der Waals surface area (Å²) >= 11 is 0. The normalized spacial score (nSPS) is 13.9. The quantitative estimate of drug-likeness (QED) is 0.642. The Morgan fingerprint density at radius 3 is 2.36 bits per heavy atom. The zero-order chi connectivity index (χ0) is 8.69. The third-order valence-corrected chi connectivity index (χ3v) is 1.38. The molecule has 0 aromatic heterocycles. The van der Waals surface area contributed by atoms with E-state index in [1.54, 1.807) is 0 Å². The molecule has 2 nitrogen and oxygen atoms in total. The molecule has 1 N–H and O–H groups in total. The molecule has 0 aromatic rings. The lowest BCUT2D eigenvalue weighted by atomic mass is 10.2. The molecule has 0 bridgehead atoms. The van der Waals surface area contributed by atoms with E-state index in [-0.39, 0.29) is 6.10 Å². The lowest BCUT2D eigenvalue weighted by Crippen LogP contribution is -2.16. The fraction of sp³-hybridized carbons (Fsp3) is 1.00. The van der Waals surface area contributed by atoms with Gasteiger partial charge in [0.15, 0.2) is 0 Å². The molecule has 11 heavy (non-hydrogen) atoms. The number of aliphatic hydroxyl groups excluding tert-OH is 1. The van der Waals surface area contributed by atoms with Crippen LogP contribution in [-0.4, -0.2) is 24.4 Å². The maximum absolute atomic E-state index is 9.24. The summed E-state index contributed by atoms with van der Waals surface area (Å²) in [5.74, 6) is 0.559. The fourth-order valence-electron chi connectivity index (χ4n) is 0.856. The maximum atomic E-state index is 9.24. The molecule has 0 spiro atoms. The minimum atomic E-state index is -0.265. The molecule has 0 saturated carbocycles. The van der Waals surface area contributed by atoms with Crippen LogP contribution in [0, 0.1) is 5.92 Å². The fourth-order valence-corrected chi connectivity index (χ4v) is 0.856. The third-order valence-electron chi connectivity index (χ3n) is 1.38. The van der Waals surface area contributed by atoms with Crippen molar-refractivity contribution in [2.24, 2.45) is 5.92 Å². The molecule has 0 aliphatic rings. The molecule has 0 aliphatic heterocycles. The summed E-state index contributed by atoms with van der Waals surface area (Å²) in [6.07, 6.45) is 1.60. The second kappa shape index (κ2) is 6.62. The molecule has 0 rings (SSSR count). The first kappa shape index (κ1) is 10.9. The largest absolute Gasteiger partial charge is 0.391 e. The molecule has 0 aromatic carbocycles. The monoisotopic (exact) mass is 160 g/mol. The molecule has 1 unspecified atom stereocenters. The summed E-state index contributed by atoms with van der Waals surface area (Å²) < 4.78 is 5.26. The molecule has 1 atom stereocenters. The molecule has 0 saturated heterocycles. The van der Waals surface area contributed by atoms with Crippen molar-refractivity contribution in [3.8, 4) is 0 Å². The number of aliphatic hydroxyl groups is 1. The minimum Gasteiger partial charge on any atom is -0.391 e. The van der Waals surface area contributed by atoms with E-state index in [1.807, 2.05) is 0 Å². The van der Waals surface area contributed by atoms with Crippen molar-refractivity contribution in [1.29, 1.82) is 0 Å². The molecule has 0 heterocycles. The van der Waals surface area contributed by atoms with Crippen molar-refractivity contribution in [1.82, 2.24) is 0 Å². The summed E-state index contributed by atoms with van der Waals surface area (Å²) in [5, 5.41) is 9.24. The van der Waals surface area contributed by atoms with Crippen molar-refractivity contribution >= 4 is 0 Å². The Morgan fingerprint density at radius 1 is 1.27 bits per heavy atom. The predicted octanol–water partition coefficient (Wildman–Crippen LogP) is 1.82. The van der Waals surface area contributed by atoms with Gasteiger partial charge in [0.05, 0.1) is 12.7 Å². The van der Waals surface area contributed by atoms with Crippen LogP contribution in [0.5, 0.6) is 0 Å². The molecule has 0 fully saturated rings. The van der Waals surface area contributed by atoms with Crippen LogP contribution in [0.25, 0.3) is 0 Å². The Kier molecular flexibility index (Phi) is 6.57. The highest BCUT2D eigenvalue weighted by atomic mass is 16.5. The van der Waals surface area contributed by atoms with Crippen LogP contribution < -0.4 is 0 Å². The van der Waals surface area contributed by atoms with E-state index in [9.17, 15) is 5.11 Å². The van der Waals surface area contributed by atoms with Gasteiger partial charge in [0, 0.05) is 6.61 Å². The zero-order valence-corrected chi connectivity index (χ0v) is 7.84. The average molecular weight is 160 g/mol. The SMILES string of the molecule is CCCC(O)COCC(C)C.